The Morgan fingerprint density at radius 3 is 2.06 bits per heavy atom. The highest BCUT2D eigenvalue weighted by Crippen LogP contribution is 2.25. The lowest BCUT2D eigenvalue weighted by Crippen LogP contribution is -2.08. The highest BCUT2D eigenvalue weighted by Gasteiger charge is 2.02. The van der Waals surface area contributed by atoms with E-state index in [4.69, 9.17) is 4.74 Å². The molecule has 2 aromatic carbocycles. The van der Waals surface area contributed by atoms with E-state index in [1.807, 2.05) is 37.3 Å². The second-order valence-electron chi connectivity index (χ2n) is 3.82. The second kappa shape index (κ2) is 5.39. The van der Waals surface area contributed by atoms with Gasteiger partial charge in [0, 0.05) is 18.4 Å². The van der Waals surface area contributed by atoms with Crippen molar-refractivity contribution in [1.29, 1.82) is 0 Å². The number of nitrogens with zero attached hydrogens (tertiary/aromatic N) is 1. The third kappa shape index (κ3) is 2.78. The number of rotatable bonds is 4. The summed E-state index contributed by atoms with van der Waals surface area (Å²) in [5.41, 5.74) is 2.33. The summed E-state index contributed by atoms with van der Waals surface area (Å²) in [4.78, 5) is 2.15. The number of ether oxygens (including phenoxy) is 1. The average Bonchev–Trinajstić information content (AvgIpc) is 2.40. The standard InChI is InChI=1S/C15H17NO/c1-3-17-15-11-9-14(10-12-15)16(2)13-7-5-4-6-8-13/h4-12H,3H2,1-2H3. The minimum Gasteiger partial charge on any atom is -0.494 e. The molecule has 0 radical (unpaired) electrons. The maximum atomic E-state index is 5.43. The molecule has 0 spiro atoms. The van der Waals surface area contributed by atoms with Gasteiger partial charge < -0.3 is 9.64 Å². The van der Waals surface area contributed by atoms with Crippen LogP contribution in [0.1, 0.15) is 6.92 Å². The Labute approximate surface area is 102 Å². The van der Waals surface area contributed by atoms with Gasteiger partial charge in [0.25, 0.3) is 0 Å². The summed E-state index contributed by atoms with van der Waals surface area (Å²) < 4.78 is 5.43. The van der Waals surface area contributed by atoms with Gasteiger partial charge in [-0.25, -0.2) is 0 Å². The molecule has 0 amide bonds. The van der Waals surface area contributed by atoms with Gasteiger partial charge in [0.2, 0.25) is 0 Å². The molecule has 0 aliphatic heterocycles. The third-order valence-electron chi connectivity index (χ3n) is 2.68. The van der Waals surface area contributed by atoms with Gasteiger partial charge in [0.05, 0.1) is 6.61 Å². The van der Waals surface area contributed by atoms with E-state index in [-0.39, 0.29) is 0 Å². The quantitative estimate of drug-likeness (QED) is 0.786. The summed E-state index contributed by atoms with van der Waals surface area (Å²) in [7, 11) is 2.06. The molecule has 0 heterocycles. The van der Waals surface area contributed by atoms with Crippen LogP contribution in [-0.4, -0.2) is 13.7 Å². The molecule has 0 fully saturated rings. The lowest BCUT2D eigenvalue weighted by Gasteiger charge is -2.19. The number of para-hydroxylation sites is 1. The molecule has 0 bridgehead atoms. The molecule has 0 N–H and O–H groups in total. The molecule has 0 saturated heterocycles. The summed E-state index contributed by atoms with van der Waals surface area (Å²) in [6.07, 6.45) is 0. The molecule has 2 nitrogen and oxygen atoms in total. The Hall–Kier alpha value is -1.96. The van der Waals surface area contributed by atoms with E-state index in [0.29, 0.717) is 6.61 Å². The Bertz CT molecular complexity index is 450. The van der Waals surface area contributed by atoms with Crippen LogP contribution >= 0.6 is 0 Å². The molecule has 0 saturated carbocycles. The van der Waals surface area contributed by atoms with Gasteiger partial charge in [-0.05, 0) is 43.3 Å². The molecule has 2 heteroatoms. The predicted molar refractivity (Wildman–Crippen MR) is 72.1 cm³/mol. The zero-order chi connectivity index (χ0) is 12.1. The van der Waals surface area contributed by atoms with Crippen LogP contribution in [0.3, 0.4) is 0 Å². The first-order valence-corrected chi connectivity index (χ1v) is 5.83. The summed E-state index contributed by atoms with van der Waals surface area (Å²) in [6, 6.07) is 18.4. The SMILES string of the molecule is CCOc1ccc(N(C)c2ccccc2)cc1. The van der Waals surface area contributed by atoms with Gasteiger partial charge in [0.1, 0.15) is 5.75 Å². The first kappa shape index (κ1) is 11.5. The van der Waals surface area contributed by atoms with Crippen molar-refractivity contribution < 1.29 is 4.74 Å². The van der Waals surface area contributed by atoms with Gasteiger partial charge in [-0.15, -0.1) is 0 Å². The van der Waals surface area contributed by atoms with Gasteiger partial charge in [-0.1, -0.05) is 18.2 Å². The van der Waals surface area contributed by atoms with Crippen molar-refractivity contribution in [3.63, 3.8) is 0 Å². The maximum absolute atomic E-state index is 5.43. The van der Waals surface area contributed by atoms with Gasteiger partial charge >= 0.3 is 0 Å². The van der Waals surface area contributed by atoms with E-state index in [9.17, 15) is 0 Å². The highest BCUT2D eigenvalue weighted by atomic mass is 16.5. The van der Waals surface area contributed by atoms with Crippen molar-refractivity contribution in [1.82, 2.24) is 0 Å². The summed E-state index contributed by atoms with van der Waals surface area (Å²) in [5.74, 6) is 0.915. The second-order valence-corrected chi connectivity index (χ2v) is 3.82. The van der Waals surface area contributed by atoms with Crippen molar-refractivity contribution in [3.8, 4) is 5.75 Å². The van der Waals surface area contributed by atoms with E-state index >= 15 is 0 Å². The summed E-state index contributed by atoms with van der Waals surface area (Å²) in [6.45, 7) is 2.69. The average molecular weight is 227 g/mol. The Morgan fingerprint density at radius 2 is 1.47 bits per heavy atom. The molecule has 0 unspecified atom stereocenters. The fourth-order valence-electron chi connectivity index (χ4n) is 1.73. The van der Waals surface area contributed by atoms with Gasteiger partial charge in [-0.3, -0.25) is 0 Å². The first-order chi connectivity index (χ1) is 8.31. The van der Waals surface area contributed by atoms with Crippen LogP contribution in [0.5, 0.6) is 5.75 Å². The van der Waals surface area contributed by atoms with E-state index in [1.165, 1.54) is 5.69 Å². The van der Waals surface area contributed by atoms with Crippen LogP contribution in [0.4, 0.5) is 11.4 Å². The van der Waals surface area contributed by atoms with Crippen molar-refractivity contribution in [3.05, 3.63) is 54.6 Å². The van der Waals surface area contributed by atoms with Crippen LogP contribution < -0.4 is 9.64 Å². The summed E-state index contributed by atoms with van der Waals surface area (Å²) >= 11 is 0. The molecule has 0 atom stereocenters. The molecule has 2 rings (SSSR count). The monoisotopic (exact) mass is 227 g/mol. The van der Waals surface area contributed by atoms with E-state index in [1.54, 1.807) is 0 Å². The number of hydrogen-bond donors (Lipinski definition) is 0. The number of benzene rings is 2. The lowest BCUT2D eigenvalue weighted by atomic mass is 10.2. The van der Waals surface area contributed by atoms with Gasteiger partial charge in [0.15, 0.2) is 0 Å². The lowest BCUT2D eigenvalue weighted by molar-refractivity contribution is 0.340. The van der Waals surface area contributed by atoms with Crippen molar-refractivity contribution in [2.75, 3.05) is 18.6 Å². The van der Waals surface area contributed by atoms with Crippen LogP contribution in [0.2, 0.25) is 0 Å². The molecule has 88 valence electrons. The predicted octanol–water partition coefficient (Wildman–Crippen LogP) is 3.85. The maximum Gasteiger partial charge on any atom is 0.119 e. The van der Waals surface area contributed by atoms with Crippen molar-refractivity contribution in [2.45, 2.75) is 6.92 Å². The van der Waals surface area contributed by atoms with E-state index < -0.39 is 0 Å². The molecule has 0 aliphatic carbocycles. The molecular formula is C15H17NO. The van der Waals surface area contributed by atoms with Crippen LogP contribution in [0, 0.1) is 0 Å². The van der Waals surface area contributed by atoms with E-state index in [2.05, 4.69) is 36.2 Å². The number of anilines is 2. The Balaban J connectivity index is 2.17. The number of hydrogen-bond acceptors (Lipinski definition) is 2. The molecule has 0 aliphatic rings. The van der Waals surface area contributed by atoms with Crippen LogP contribution in [0.15, 0.2) is 54.6 Å². The molecular weight excluding hydrogens is 210 g/mol. The first-order valence-electron chi connectivity index (χ1n) is 5.83. The Morgan fingerprint density at radius 1 is 0.882 bits per heavy atom. The molecule has 2 aromatic rings. The molecule has 0 aromatic heterocycles. The zero-order valence-corrected chi connectivity index (χ0v) is 10.3. The smallest absolute Gasteiger partial charge is 0.119 e. The zero-order valence-electron chi connectivity index (χ0n) is 10.3. The van der Waals surface area contributed by atoms with Crippen molar-refractivity contribution >= 4 is 11.4 Å². The fourth-order valence-corrected chi connectivity index (χ4v) is 1.73. The minimum atomic E-state index is 0.702. The fraction of sp³-hybridized carbons (Fsp3) is 0.200. The minimum absolute atomic E-state index is 0.702. The third-order valence-corrected chi connectivity index (χ3v) is 2.68. The van der Waals surface area contributed by atoms with E-state index in [0.717, 1.165) is 11.4 Å². The normalized spacial score (nSPS) is 10.0. The Kier molecular flexibility index (Phi) is 3.66. The largest absolute Gasteiger partial charge is 0.494 e. The summed E-state index contributed by atoms with van der Waals surface area (Å²) in [5, 5.41) is 0. The van der Waals surface area contributed by atoms with Crippen LogP contribution in [-0.2, 0) is 0 Å². The topological polar surface area (TPSA) is 12.5 Å². The molecule has 17 heavy (non-hydrogen) atoms. The van der Waals surface area contributed by atoms with Crippen LogP contribution in [0.25, 0.3) is 0 Å². The van der Waals surface area contributed by atoms with Crippen molar-refractivity contribution in [2.24, 2.45) is 0 Å². The van der Waals surface area contributed by atoms with Gasteiger partial charge in [-0.2, -0.15) is 0 Å². The highest BCUT2D eigenvalue weighted by molar-refractivity contribution is 5.62.